The fraction of sp³-hybridized carbons (Fsp3) is 0.250. The molecule has 1 amide bonds. The zero-order valence-corrected chi connectivity index (χ0v) is 14.6. The number of hydrogen-bond acceptors (Lipinski definition) is 5. The molecule has 3 aromatic rings. The highest BCUT2D eigenvalue weighted by Gasteiger charge is 2.13. The molecule has 6 nitrogen and oxygen atoms in total. The minimum absolute atomic E-state index is 0.00922. The molecule has 3 rings (SSSR count). The lowest BCUT2D eigenvalue weighted by molar-refractivity contribution is -0.113. The Balaban J connectivity index is 1.70. The maximum absolute atomic E-state index is 13.5. The van der Waals surface area contributed by atoms with Gasteiger partial charge in [0, 0.05) is 17.5 Å². The van der Waals surface area contributed by atoms with Gasteiger partial charge in [0.05, 0.1) is 11.4 Å². The van der Waals surface area contributed by atoms with Crippen molar-refractivity contribution in [3.05, 3.63) is 46.8 Å². The predicted molar refractivity (Wildman–Crippen MR) is 90.7 cm³/mol. The first-order valence-electron chi connectivity index (χ1n) is 7.43. The fourth-order valence-corrected chi connectivity index (χ4v) is 2.82. The maximum Gasteiger partial charge on any atom is 0.253 e. The third kappa shape index (κ3) is 3.60. The molecule has 0 saturated heterocycles. The summed E-state index contributed by atoms with van der Waals surface area (Å²) in [5, 5.41) is 7.11. The van der Waals surface area contributed by atoms with Crippen molar-refractivity contribution >= 4 is 29.1 Å². The van der Waals surface area contributed by atoms with Crippen LogP contribution in [0.25, 0.3) is 5.78 Å². The summed E-state index contributed by atoms with van der Waals surface area (Å²) in [7, 11) is 0. The standard InChI is InChI=1S/C16H15F2N5OS/c1-8-9(2)19-15-21-16(22-23(15)10(8)3)25-7-14(24)20-13-5-4-11(17)6-12(13)18/h4-6H,7H2,1-3H3,(H,20,24). The lowest BCUT2D eigenvalue weighted by Crippen LogP contribution is -2.15. The van der Waals surface area contributed by atoms with Crippen molar-refractivity contribution in [1.29, 1.82) is 0 Å². The number of aryl methyl sites for hydroxylation is 2. The number of rotatable bonds is 4. The molecular weight excluding hydrogens is 348 g/mol. The average molecular weight is 363 g/mol. The van der Waals surface area contributed by atoms with Crippen molar-refractivity contribution in [1.82, 2.24) is 19.6 Å². The number of carbonyl (C=O) groups excluding carboxylic acids is 1. The first-order valence-corrected chi connectivity index (χ1v) is 8.42. The molecule has 0 atom stereocenters. The van der Waals surface area contributed by atoms with E-state index in [1.165, 1.54) is 6.07 Å². The van der Waals surface area contributed by atoms with Gasteiger partial charge in [-0.05, 0) is 38.5 Å². The van der Waals surface area contributed by atoms with Gasteiger partial charge < -0.3 is 5.32 Å². The van der Waals surface area contributed by atoms with Crippen molar-refractivity contribution in [2.75, 3.05) is 11.1 Å². The summed E-state index contributed by atoms with van der Waals surface area (Å²) in [4.78, 5) is 20.6. The van der Waals surface area contributed by atoms with E-state index >= 15 is 0 Å². The Hall–Kier alpha value is -2.55. The summed E-state index contributed by atoms with van der Waals surface area (Å²) in [6.45, 7) is 5.77. The predicted octanol–water partition coefficient (Wildman–Crippen LogP) is 3.06. The molecule has 0 fully saturated rings. The molecule has 0 unspecified atom stereocenters. The van der Waals surface area contributed by atoms with Crippen molar-refractivity contribution in [2.45, 2.75) is 25.9 Å². The number of hydrogen-bond donors (Lipinski definition) is 1. The van der Waals surface area contributed by atoms with Gasteiger partial charge in [0.1, 0.15) is 11.6 Å². The van der Waals surface area contributed by atoms with Gasteiger partial charge in [-0.25, -0.2) is 18.3 Å². The van der Waals surface area contributed by atoms with Crippen LogP contribution in [-0.2, 0) is 4.79 Å². The van der Waals surface area contributed by atoms with Crippen LogP contribution in [0.1, 0.15) is 17.0 Å². The molecule has 0 aliphatic carbocycles. The van der Waals surface area contributed by atoms with Gasteiger partial charge in [0.25, 0.3) is 5.78 Å². The van der Waals surface area contributed by atoms with Crippen molar-refractivity contribution in [3.63, 3.8) is 0 Å². The molecule has 25 heavy (non-hydrogen) atoms. The number of amides is 1. The molecule has 2 aromatic heterocycles. The highest BCUT2D eigenvalue weighted by molar-refractivity contribution is 7.99. The minimum atomic E-state index is -0.824. The van der Waals surface area contributed by atoms with E-state index in [2.05, 4.69) is 20.4 Å². The third-order valence-electron chi connectivity index (χ3n) is 3.78. The van der Waals surface area contributed by atoms with E-state index in [4.69, 9.17) is 0 Å². The second-order valence-corrected chi connectivity index (χ2v) is 6.42. The molecule has 0 bridgehead atoms. The normalized spacial score (nSPS) is 11.1. The number of nitrogens with zero attached hydrogens (tertiary/aromatic N) is 4. The Bertz CT molecular complexity index is 973. The number of benzene rings is 1. The Labute approximate surface area is 146 Å². The molecule has 0 radical (unpaired) electrons. The Morgan fingerprint density at radius 1 is 1.24 bits per heavy atom. The Morgan fingerprint density at radius 3 is 2.72 bits per heavy atom. The SMILES string of the molecule is Cc1nc2nc(SCC(=O)Nc3ccc(F)cc3F)nn2c(C)c1C. The second-order valence-electron chi connectivity index (χ2n) is 5.47. The average Bonchev–Trinajstić information content (AvgIpc) is 2.96. The van der Waals surface area contributed by atoms with E-state index in [1.54, 1.807) is 4.52 Å². The van der Waals surface area contributed by atoms with Crippen LogP contribution >= 0.6 is 11.8 Å². The van der Waals surface area contributed by atoms with Gasteiger partial charge in [-0.2, -0.15) is 4.98 Å². The molecule has 0 saturated carbocycles. The molecule has 0 aliphatic rings. The summed E-state index contributed by atoms with van der Waals surface area (Å²) in [6, 6.07) is 2.97. The summed E-state index contributed by atoms with van der Waals surface area (Å²) in [5.74, 6) is -1.51. The number of anilines is 1. The summed E-state index contributed by atoms with van der Waals surface area (Å²) in [5.41, 5.74) is 2.76. The lowest BCUT2D eigenvalue weighted by atomic mass is 10.2. The topological polar surface area (TPSA) is 72.2 Å². The number of thioether (sulfide) groups is 1. The van der Waals surface area contributed by atoms with Crippen LogP contribution < -0.4 is 5.32 Å². The number of fused-ring (bicyclic) bond motifs is 1. The van der Waals surface area contributed by atoms with Crippen LogP contribution in [0.4, 0.5) is 14.5 Å². The summed E-state index contributed by atoms with van der Waals surface area (Å²) in [6.07, 6.45) is 0. The van der Waals surface area contributed by atoms with Crippen LogP contribution in [-0.4, -0.2) is 31.2 Å². The highest BCUT2D eigenvalue weighted by atomic mass is 32.2. The van der Waals surface area contributed by atoms with Crippen LogP contribution in [0.15, 0.2) is 23.4 Å². The van der Waals surface area contributed by atoms with Crippen LogP contribution in [0.2, 0.25) is 0 Å². The van der Waals surface area contributed by atoms with Crippen LogP contribution in [0, 0.1) is 32.4 Å². The van der Waals surface area contributed by atoms with Crippen molar-refractivity contribution in [3.8, 4) is 0 Å². The first kappa shape index (κ1) is 17.3. The number of nitrogens with one attached hydrogen (secondary N) is 1. The second kappa shape index (κ2) is 6.75. The number of aromatic nitrogens is 4. The monoisotopic (exact) mass is 363 g/mol. The molecule has 130 valence electrons. The van der Waals surface area contributed by atoms with Gasteiger partial charge in [0.2, 0.25) is 11.1 Å². The van der Waals surface area contributed by atoms with Gasteiger partial charge in [0.15, 0.2) is 0 Å². The number of halogens is 2. The largest absolute Gasteiger partial charge is 0.323 e. The van der Waals surface area contributed by atoms with E-state index in [1.807, 2.05) is 20.8 Å². The summed E-state index contributed by atoms with van der Waals surface area (Å²) < 4.78 is 28.0. The Kier molecular flexibility index (Phi) is 4.67. The highest BCUT2D eigenvalue weighted by Crippen LogP contribution is 2.19. The molecule has 9 heteroatoms. The van der Waals surface area contributed by atoms with E-state index in [0.717, 1.165) is 34.8 Å². The zero-order valence-electron chi connectivity index (χ0n) is 13.8. The maximum atomic E-state index is 13.5. The van der Waals surface area contributed by atoms with Crippen molar-refractivity contribution < 1.29 is 13.6 Å². The third-order valence-corrected chi connectivity index (χ3v) is 4.62. The van der Waals surface area contributed by atoms with E-state index in [0.29, 0.717) is 17.0 Å². The van der Waals surface area contributed by atoms with E-state index in [-0.39, 0.29) is 11.4 Å². The van der Waals surface area contributed by atoms with Crippen molar-refractivity contribution in [2.24, 2.45) is 0 Å². The smallest absolute Gasteiger partial charge is 0.253 e. The minimum Gasteiger partial charge on any atom is -0.323 e. The van der Waals surface area contributed by atoms with Gasteiger partial charge >= 0.3 is 0 Å². The fourth-order valence-electron chi connectivity index (χ4n) is 2.21. The van der Waals surface area contributed by atoms with Gasteiger partial charge in [-0.1, -0.05) is 11.8 Å². The zero-order chi connectivity index (χ0) is 18.1. The number of carbonyl (C=O) groups is 1. The quantitative estimate of drug-likeness (QED) is 0.722. The van der Waals surface area contributed by atoms with Crippen LogP contribution in [0.3, 0.4) is 0 Å². The molecular formula is C16H15F2N5OS. The molecule has 2 heterocycles. The van der Waals surface area contributed by atoms with Gasteiger partial charge in [-0.15, -0.1) is 5.10 Å². The van der Waals surface area contributed by atoms with Crippen LogP contribution in [0.5, 0.6) is 0 Å². The lowest BCUT2D eigenvalue weighted by Gasteiger charge is -2.05. The molecule has 0 spiro atoms. The summed E-state index contributed by atoms with van der Waals surface area (Å²) >= 11 is 1.11. The first-order chi connectivity index (χ1) is 11.8. The molecule has 0 aliphatic heterocycles. The Morgan fingerprint density at radius 2 is 2.00 bits per heavy atom. The molecule has 1 aromatic carbocycles. The van der Waals surface area contributed by atoms with E-state index in [9.17, 15) is 13.6 Å². The van der Waals surface area contributed by atoms with Gasteiger partial charge in [-0.3, -0.25) is 4.79 Å². The van der Waals surface area contributed by atoms with E-state index < -0.39 is 17.5 Å². The molecule has 1 N–H and O–H groups in total.